The largest absolute Gasteiger partial charge is 0.488 e. The average Bonchev–Trinajstić information content (AvgIpc) is 0.990. The van der Waals surface area contributed by atoms with Crippen molar-refractivity contribution in [3.63, 3.8) is 0 Å². The lowest BCUT2D eigenvalue weighted by Gasteiger charge is -2.06. The van der Waals surface area contributed by atoms with Crippen molar-refractivity contribution in [1.82, 2.24) is 59.4 Å². The van der Waals surface area contributed by atoms with E-state index in [4.69, 9.17) is 94.2 Å². The first-order valence-corrected chi connectivity index (χ1v) is 28.9. The summed E-state index contributed by atoms with van der Waals surface area (Å²) in [4.78, 5) is 98.5. The van der Waals surface area contributed by atoms with Gasteiger partial charge in [-0.15, -0.1) is 0 Å². The van der Waals surface area contributed by atoms with E-state index in [0.717, 1.165) is 5.56 Å². The lowest BCUT2D eigenvalue weighted by atomic mass is 9.80. The quantitative estimate of drug-likeness (QED) is 0.0281. The van der Waals surface area contributed by atoms with Gasteiger partial charge in [0.05, 0.1) is 69.8 Å². The lowest BCUT2D eigenvalue weighted by Crippen LogP contribution is -2.29. The second-order valence-electron chi connectivity index (χ2n) is 18.8. The number of carbonyl (C=O) groups is 4. The van der Waals surface area contributed by atoms with Crippen LogP contribution in [0.4, 0.5) is 5.82 Å². The summed E-state index contributed by atoms with van der Waals surface area (Å²) in [6.45, 7) is -0.584. The van der Waals surface area contributed by atoms with Crippen molar-refractivity contribution in [3.05, 3.63) is 243 Å². The molecule has 6 aromatic heterocycles. The van der Waals surface area contributed by atoms with Gasteiger partial charge in [-0.3, -0.25) is 14.4 Å². The number of nitrogens with two attached hydrogens (primary N) is 1. The molecule has 0 unspecified atom stereocenters. The van der Waals surface area contributed by atoms with E-state index >= 15 is 0 Å². The van der Waals surface area contributed by atoms with Gasteiger partial charge in [0.2, 0.25) is 0 Å². The van der Waals surface area contributed by atoms with Crippen molar-refractivity contribution in [3.8, 4) is 33.8 Å². The highest BCUT2D eigenvalue weighted by atomic mass is 35.5. The lowest BCUT2D eigenvalue weighted by molar-refractivity contribution is 0.0585. The second-order valence-corrected chi connectivity index (χ2v) is 20.8. The number of aromatic carboxylic acids is 1. The van der Waals surface area contributed by atoms with E-state index in [-0.39, 0.29) is 77.7 Å². The number of carboxylic acids is 1. The number of ketones is 1. The van der Waals surface area contributed by atoms with Gasteiger partial charge in [-0.1, -0.05) is 107 Å². The summed E-state index contributed by atoms with van der Waals surface area (Å²) in [6, 6.07) is 31.3. The van der Waals surface area contributed by atoms with Crippen LogP contribution >= 0.6 is 58.0 Å². The number of benzene rings is 4. The van der Waals surface area contributed by atoms with Crippen LogP contribution in [0.5, 0.6) is 0 Å². The van der Waals surface area contributed by atoms with Crippen LogP contribution in [0.25, 0.3) is 33.8 Å². The molecule has 0 atom stereocenters. The van der Waals surface area contributed by atoms with Gasteiger partial charge in [0, 0.05) is 69.1 Å². The van der Waals surface area contributed by atoms with Crippen LogP contribution in [0.1, 0.15) is 69.9 Å². The number of methoxy groups -OCH3 is 2. The van der Waals surface area contributed by atoms with Gasteiger partial charge in [0.25, 0.3) is 11.1 Å². The topological polar surface area (TPSA) is 427 Å². The Morgan fingerprint density at radius 2 is 0.853 bits per heavy atom. The normalized spacial score (nSPS) is 10.2. The zero-order valence-corrected chi connectivity index (χ0v) is 54.0. The average molecular weight is 1400 g/mol. The molecule has 6 heterocycles. The molecule has 0 fully saturated rings. The first-order valence-electron chi connectivity index (χ1n) is 27.0. The zero-order valence-electron chi connectivity index (χ0n) is 50.2. The smallest absolute Gasteiger partial charge is 0.477 e. The Hall–Kier alpha value is -9.89. The summed E-state index contributed by atoms with van der Waals surface area (Å²) >= 11 is 29.3. The monoisotopic (exact) mass is 1400 g/mol. The molecule has 34 heteroatoms. The van der Waals surface area contributed by atoms with Crippen molar-refractivity contribution in [2.45, 2.75) is 32.8 Å². The fourth-order valence-electron chi connectivity index (χ4n) is 7.36. The molecule has 0 aliphatic heterocycles. The van der Waals surface area contributed by atoms with E-state index in [0.29, 0.717) is 87.5 Å². The molecule has 0 saturated heterocycles. The maximum absolute atomic E-state index is 12.5. The van der Waals surface area contributed by atoms with Crippen molar-refractivity contribution in [2.24, 2.45) is 14.1 Å². The third-order valence-corrected chi connectivity index (χ3v) is 14.0. The minimum atomic E-state index is -1.52. The Balaban J connectivity index is 0.000000214. The van der Waals surface area contributed by atoms with Gasteiger partial charge in [-0.05, 0) is 82.3 Å². The second kappa shape index (κ2) is 37.7. The number of nitrogen functional groups attached to an aromatic ring is 1. The van der Waals surface area contributed by atoms with Gasteiger partial charge in [0.15, 0.2) is 22.9 Å². The van der Waals surface area contributed by atoms with Gasteiger partial charge < -0.3 is 50.8 Å². The molecule has 492 valence electrons. The highest BCUT2D eigenvalue weighted by molar-refractivity contribution is 6.59. The van der Waals surface area contributed by atoms with Crippen molar-refractivity contribution in [2.75, 3.05) is 20.0 Å². The SMILES string of the molecule is COC(=O)c1cc(-c2ccc(CO)c(Cl)c2)ncn1.COC(=O)c1cc(Cl)ncn1.Cn1nc(CC(=O)c2cc(-c3ccc(CO)c(Cl)c3)ncn2)ccc1=O.Cn1nc(N)ccc1=O.O=C(O)c1cc(-c2ccc(CO)c(Cl)c2)ncn1.OCc1ccc(B(O)O)cc1Cl. The van der Waals surface area contributed by atoms with E-state index < -0.39 is 25.0 Å². The number of ether oxygens (including phenoxy) is 2. The number of anilines is 1. The number of carbonyl (C=O) groups excluding carboxylic acids is 3. The fourth-order valence-corrected chi connectivity index (χ4v) is 8.47. The number of aliphatic hydroxyl groups excluding tert-OH is 4. The summed E-state index contributed by atoms with van der Waals surface area (Å²) in [6.07, 6.45) is 5.01. The summed E-state index contributed by atoms with van der Waals surface area (Å²) in [5.74, 6) is -2.04. The number of nitrogens with zero attached hydrogens (tertiary/aromatic N) is 12. The fraction of sp³-hybridized carbons (Fsp3) is 0.148. The standard InChI is InChI=1S/C18H15ClN4O3.C13H11ClN2O3.C12H9ClN2O3.C7H8BClO3.C6H5ClN2O2.C5H7N3O/c1-23-18(26)5-4-13(22-23)7-17(25)16-8-15(20-10-21-16)11-2-3-12(9-24)14(19)6-11;1-19-13(18)12-5-11(15-7-16-12)8-2-3-9(6-17)10(14)4-8;13-9-3-7(1-2-8(9)5-16)10-4-11(12(17)18)15-6-14-10;9-7-3-6(8(11)12)2-1-5(7)4-10;1-11-6(10)4-2-5(7)9-3-8-4;1-8-5(9)3-2-4(6)7-8/h2-6,8,10,24H,7,9H2,1H3;2-5,7,17H,6H2,1H3;1-4,6,16H,5H2,(H,17,18);1-3,10-12H,4H2;2-3H,1H3;2-3H,1H3,(H2,6,7). The molecule has 10 aromatic rings. The molecule has 0 aliphatic rings. The zero-order chi connectivity index (χ0) is 69.9. The number of Topliss-reactive ketones (excluding diaryl/α,β-unsaturated/α-hetero) is 1. The van der Waals surface area contributed by atoms with E-state index in [2.05, 4.69) is 59.5 Å². The third-order valence-electron chi connectivity index (χ3n) is 12.4. The maximum Gasteiger partial charge on any atom is 0.488 e. The van der Waals surface area contributed by atoms with Gasteiger partial charge >= 0.3 is 25.0 Å². The predicted molar refractivity (Wildman–Crippen MR) is 350 cm³/mol. The van der Waals surface area contributed by atoms with Crippen molar-refractivity contribution >= 4 is 100 Å². The Morgan fingerprint density at radius 3 is 1.23 bits per heavy atom. The predicted octanol–water partition coefficient (Wildman–Crippen LogP) is 5.66. The molecule has 0 bridgehead atoms. The van der Waals surface area contributed by atoms with Gasteiger partial charge in [-0.25, -0.2) is 63.6 Å². The molecule has 4 aromatic carbocycles. The minimum Gasteiger partial charge on any atom is -0.477 e. The van der Waals surface area contributed by atoms with Crippen LogP contribution in [0.15, 0.2) is 156 Å². The number of esters is 2. The highest BCUT2D eigenvalue weighted by Gasteiger charge is 2.16. The van der Waals surface area contributed by atoms with E-state index in [1.165, 1.54) is 111 Å². The molecular formula is C61H55BCl5N13O15. The van der Waals surface area contributed by atoms with Crippen molar-refractivity contribution in [1.29, 1.82) is 0 Å². The number of aryl methyl sites for hydroxylation is 2. The first kappa shape index (κ1) is 75.8. The van der Waals surface area contributed by atoms with E-state index in [1.807, 2.05) is 0 Å². The molecular weight excluding hydrogens is 1340 g/mol. The number of hydrogen-bond acceptors (Lipinski definition) is 25. The minimum absolute atomic E-state index is 0.0226. The number of halogens is 5. The summed E-state index contributed by atoms with van der Waals surface area (Å²) in [5, 5.41) is 71.9. The number of hydrogen-bond donors (Lipinski definition) is 8. The third kappa shape index (κ3) is 23.3. The molecule has 0 saturated carbocycles. The summed E-state index contributed by atoms with van der Waals surface area (Å²) < 4.78 is 11.4. The Labute approximate surface area is 564 Å². The molecule has 10 rings (SSSR count). The highest BCUT2D eigenvalue weighted by Crippen LogP contribution is 2.28. The molecule has 0 spiro atoms. The van der Waals surface area contributed by atoms with Crippen LogP contribution in [0.2, 0.25) is 25.2 Å². The number of rotatable bonds is 14. The summed E-state index contributed by atoms with van der Waals surface area (Å²) in [5.41, 5.74) is 12.3. The van der Waals surface area contributed by atoms with Crippen LogP contribution in [-0.4, -0.2) is 140 Å². The molecule has 28 nitrogen and oxygen atoms in total. The van der Waals surface area contributed by atoms with E-state index in [1.54, 1.807) is 73.8 Å². The number of aromatic nitrogens is 12. The number of aliphatic hydroxyl groups is 4. The molecule has 0 amide bonds. The van der Waals surface area contributed by atoms with Gasteiger partial charge in [0.1, 0.15) is 42.0 Å². The van der Waals surface area contributed by atoms with Crippen molar-refractivity contribution < 1.29 is 64.2 Å². The van der Waals surface area contributed by atoms with Crippen LogP contribution < -0.4 is 22.3 Å². The Bertz CT molecular complexity index is 4440. The maximum atomic E-state index is 12.5. The Morgan fingerprint density at radius 1 is 0.474 bits per heavy atom. The van der Waals surface area contributed by atoms with Crippen LogP contribution in [0, 0.1) is 0 Å². The molecule has 9 N–H and O–H groups in total. The van der Waals surface area contributed by atoms with Gasteiger partial charge in [-0.2, -0.15) is 10.2 Å². The Kier molecular flexibility index (Phi) is 30.1. The molecule has 0 radical (unpaired) electrons. The summed E-state index contributed by atoms with van der Waals surface area (Å²) in [7, 11) is 4.13. The molecule has 95 heavy (non-hydrogen) atoms. The van der Waals surface area contributed by atoms with E-state index in [9.17, 15) is 33.9 Å². The number of carboxylic acid groups (broad SMARTS) is 1. The first-order chi connectivity index (χ1) is 45.3. The van der Waals surface area contributed by atoms with Crippen LogP contribution in [0.3, 0.4) is 0 Å². The molecule has 0 aliphatic carbocycles. The van der Waals surface area contributed by atoms with Crippen LogP contribution in [-0.2, 0) is 56.4 Å².